The van der Waals surface area contributed by atoms with Gasteiger partial charge in [0.2, 0.25) is 0 Å². The Morgan fingerprint density at radius 2 is 1.95 bits per heavy atom. The minimum atomic E-state index is -0.0582. The molecule has 1 aromatic carbocycles. The highest BCUT2D eigenvalue weighted by atomic mass is 15.1. The Kier molecular flexibility index (Phi) is 2.97. The maximum absolute atomic E-state index is 4.67. The first-order valence-corrected chi connectivity index (χ1v) is 6.16. The highest BCUT2D eigenvalue weighted by Gasteiger charge is 2.18. The summed E-state index contributed by atoms with van der Waals surface area (Å²) in [5.41, 5.74) is 2.67. The van der Waals surface area contributed by atoms with E-state index in [0.717, 1.165) is 22.6 Å². The van der Waals surface area contributed by atoms with Gasteiger partial charge in [-0.25, -0.2) is 9.97 Å². The van der Waals surface area contributed by atoms with Gasteiger partial charge in [-0.15, -0.1) is 0 Å². The maximum atomic E-state index is 4.67. The summed E-state index contributed by atoms with van der Waals surface area (Å²) in [7, 11) is 3.87. The first-order valence-electron chi connectivity index (χ1n) is 6.16. The number of hydrogen-bond donors (Lipinski definition) is 1. The first-order chi connectivity index (χ1) is 9.29. The number of nitrogens with zero attached hydrogens (tertiary/aromatic N) is 4. The molecular formula is C14H15N5. The van der Waals surface area contributed by atoms with Crippen LogP contribution in [0.4, 0.5) is 0 Å². The number of nitrogens with one attached hydrogen (secondary N) is 1. The van der Waals surface area contributed by atoms with E-state index in [1.807, 2.05) is 49.1 Å². The van der Waals surface area contributed by atoms with Crippen LogP contribution in [0.15, 0.2) is 42.9 Å². The summed E-state index contributed by atoms with van der Waals surface area (Å²) in [6.45, 7) is 0. The molecule has 19 heavy (non-hydrogen) atoms. The molecule has 5 nitrogen and oxygen atoms in total. The van der Waals surface area contributed by atoms with Crippen LogP contribution >= 0.6 is 0 Å². The molecule has 0 aliphatic heterocycles. The Hall–Kier alpha value is -2.27. The quantitative estimate of drug-likeness (QED) is 0.771. The molecule has 3 rings (SSSR count). The van der Waals surface area contributed by atoms with E-state index in [-0.39, 0.29) is 6.04 Å². The fourth-order valence-electron chi connectivity index (χ4n) is 2.18. The lowest BCUT2D eigenvalue weighted by Crippen LogP contribution is -2.22. The molecule has 96 valence electrons. The average Bonchev–Trinajstić information content (AvgIpc) is 2.86. The second-order valence-electron chi connectivity index (χ2n) is 4.40. The predicted octanol–water partition coefficient (Wildman–Crippen LogP) is 1.67. The molecule has 0 saturated heterocycles. The van der Waals surface area contributed by atoms with Crippen LogP contribution in [0.5, 0.6) is 0 Å². The van der Waals surface area contributed by atoms with E-state index < -0.39 is 0 Å². The van der Waals surface area contributed by atoms with Crippen molar-refractivity contribution in [1.29, 1.82) is 0 Å². The van der Waals surface area contributed by atoms with Gasteiger partial charge in [-0.05, 0) is 19.2 Å². The van der Waals surface area contributed by atoms with E-state index in [1.165, 1.54) is 0 Å². The Balaban J connectivity index is 2.09. The average molecular weight is 253 g/mol. The molecule has 3 aromatic rings. The number of rotatable bonds is 3. The number of fused-ring (bicyclic) bond motifs is 1. The van der Waals surface area contributed by atoms with Gasteiger partial charge in [-0.2, -0.15) is 0 Å². The molecule has 5 heteroatoms. The minimum Gasteiger partial charge on any atom is -0.336 e. The second kappa shape index (κ2) is 4.78. The van der Waals surface area contributed by atoms with E-state index in [4.69, 9.17) is 0 Å². The van der Waals surface area contributed by atoms with Crippen molar-refractivity contribution >= 4 is 11.0 Å². The molecule has 1 atom stereocenters. The molecular weight excluding hydrogens is 238 g/mol. The van der Waals surface area contributed by atoms with Crippen LogP contribution < -0.4 is 5.32 Å². The van der Waals surface area contributed by atoms with Crippen LogP contribution in [0.25, 0.3) is 11.0 Å². The topological polar surface area (TPSA) is 55.6 Å². The number of aromatic nitrogens is 4. The summed E-state index contributed by atoms with van der Waals surface area (Å²) in [4.78, 5) is 13.5. The third-order valence-electron chi connectivity index (χ3n) is 3.17. The number of benzene rings is 1. The zero-order valence-electron chi connectivity index (χ0n) is 10.9. The zero-order chi connectivity index (χ0) is 13.2. The van der Waals surface area contributed by atoms with Crippen molar-refractivity contribution in [1.82, 2.24) is 24.8 Å². The lowest BCUT2D eigenvalue weighted by atomic mass is 10.2. The van der Waals surface area contributed by atoms with Gasteiger partial charge in [-0.3, -0.25) is 4.98 Å². The lowest BCUT2D eigenvalue weighted by molar-refractivity contribution is 0.603. The van der Waals surface area contributed by atoms with E-state index in [1.54, 1.807) is 12.4 Å². The Bertz CT molecular complexity index is 704. The molecule has 0 fully saturated rings. The summed E-state index contributed by atoms with van der Waals surface area (Å²) >= 11 is 0. The largest absolute Gasteiger partial charge is 0.336 e. The lowest BCUT2D eigenvalue weighted by Gasteiger charge is -2.15. The number of para-hydroxylation sites is 2. The van der Waals surface area contributed by atoms with Crippen LogP contribution in [0.2, 0.25) is 0 Å². The zero-order valence-corrected chi connectivity index (χ0v) is 10.9. The van der Waals surface area contributed by atoms with Crippen molar-refractivity contribution in [2.45, 2.75) is 6.04 Å². The number of aryl methyl sites for hydroxylation is 1. The van der Waals surface area contributed by atoms with Crippen LogP contribution in [0, 0.1) is 0 Å². The Morgan fingerprint density at radius 1 is 1.16 bits per heavy atom. The van der Waals surface area contributed by atoms with E-state index in [0.29, 0.717) is 0 Å². The summed E-state index contributed by atoms with van der Waals surface area (Å²) in [5.74, 6) is 0.923. The molecule has 1 unspecified atom stereocenters. The summed E-state index contributed by atoms with van der Waals surface area (Å²) in [6, 6.07) is 7.80. The van der Waals surface area contributed by atoms with Crippen molar-refractivity contribution in [2.75, 3.05) is 7.05 Å². The molecule has 0 radical (unpaired) electrons. The fraction of sp³-hybridized carbons (Fsp3) is 0.214. The van der Waals surface area contributed by atoms with Crippen LogP contribution in [-0.2, 0) is 7.05 Å². The number of imidazole rings is 1. The molecule has 0 spiro atoms. The van der Waals surface area contributed by atoms with Crippen LogP contribution in [0.1, 0.15) is 17.6 Å². The van der Waals surface area contributed by atoms with Crippen LogP contribution in [0.3, 0.4) is 0 Å². The Morgan fingerprint density at radius 3 is 2.63 bits per heavy atom. The van der Waals surface area contributed by atoms with Crippen molar-refractivity contribution in [3.05, 3.63) is 54.4 Å². The molecule has 2 aromatic heterocycles. The van der Waals surface area contributed by atoms with Gasteiger partial charge in [0.05, 0.1) is 22.9 Å². The maximum Gasteiger partial charge on any atom is 0.131 e. The third kappa shape index (κ3) is 2.08. The van der Waals surface area contributed by atoms with Crippen molar-refractivity contribution < 1.29 is 0 Å². The smallest absolute Gasteiger partial charge is 0.131 e. The SMILES string of the molecule is CNC(c1cnc2ccccc2n1)c1nccn1C. The van der Waals surface area contributed by atoms with Crippen molar-refractivity contribution in [2.24, 2.45) is 7.05 Å². The number of hydrogen-bond acceptors (Lipinski definition) is 4. The van der Waals surface area contributed by atoms with Gasteiger partial charge in [-0.1, -0.05) is 12.1 Å². The van der Waals surface area contributed by atoms with E-state index in [2.05, 4.69) is 20.3 Å². The van der Waals surface area contributed by atoms with Crippen molar-refractivity contribution in [3.8, 4) is 0 Å². The molecule has 0 saturated carbocycles. The molecule has 1 N–H and O–H groups in total. The highest BCUT2D eigenvalue weighted by Crippen LogP contribution is 2.19. The summed E-state index contributed by atoms with van der Waals surface area (Å²) in [5, 5.41) is 3.24. The van der Waals surface area contributed by atoms with Gasteiger partial charge in [0.1, 0.15) is 11.9 Å². The standard InChI is InChI=1S/C14H15N5/c1-15-13(14-16-7-8-19(14)2)12-9-17-10-5-3-4-6-11(10)18-12/h3-9,13,15H,1-2H3. The molecule has 0 bridgehead atoms. The highest BCUT2D eigenvalue weighted by molar-refractivity contribution is 5.73. The fourth-order valence-corrected chi connectivity index (χ4v) is 2.18. The second-order valence-corrected chi connectivity index (χ2v) is 4.40. The molecule has 0 aliphatic rings. The minimum absolute atomic E-state index is 0.0582. The Labute approximate surface area is 111 Å². The molecule has 0 aliphatic carbocycles. The van der Waals surface area contributed by atoms with E-state index >= 15 is 0 Å². The summed E-state index contributed by atoms with van der Waals surface area (Å²) < 4.78 is 1.98. The van der Waals surface area contributed by atoms with Crippen molar-refractivity contribution in [3.63, 3.8) is 0 Å². The third-order valence-corrected chi connectivity index (χ3v) is 3.17. The van der Waals surface area contributed by atoms with Gasteiger partial charge in [0, 0.05) is 19.4 Å². The van der Waals surface area contributed by atoms with Gasteiger partial charge < -0.3 is 9.88 Å². The molecule has 0 amide bonds. The summed E-state index contributed by atoms with van der Waals surface area (Å²) in [6.07, 6.45) is 5.51. The predicted molar refractivity (Wildman–Crippen MR) is 73.6 cm³/mol. The first kappa shape index (κ1) is 11.8. The normalized spacial score (nSPS) is 12.7. The monoisotopic (exact) mass is 253 g/mol. The van der Waals surface area contributed by atoms with Gasteiger partial charge >= 0.3 is 0 Å². The van der Waals surface area contributed by atoms with Crippen LogP contribution in [-0.4, -0.2) is 26.6 Å². The van der Waals surface area contributed by atoms with Gasteiger partial charge in [0.25, 0.3) is 0 Å². The van der Waals surface area contributed by atoms with E-state index in [9.17, 15) is 0 Å². The molecule has 2 heterocycles. The van der Waals surface area contributed by atoms with Gasteiger partial charge in [0.15, 0.2) is 0 Å².